The van der Waals surface area contributed by atoms with Gasteiger partial charge in [-0.1, -0.05) is 0 Å². The van der Waals surface area contributed by atoms with E-state index in [4.69, 9.17) is 9.15 Å². The second-order valence-corrected chi connectivity index (χ2v) is 8.50. The van der Waals surface area contributed by atoms with Gasteiger partial charge in [0, 0.05) is 49.0 Å². The van der Waals surface area contributed by atoms with E-state index in [0.29, 0.717) is 48.3 Å². The van der Waals surface area contributed by atoms with Crippen molar-refractivity contribution in [3.8, 4) is 0 Å². The number of carbonyl (C=O) groups is 3. The van der Waals surface area contributed by atoms with E-state index in [1.807, 2.05) is 4.90 Å². The number of pyridine rings is 2. The molecule has 4 heterocycles. The molecule has 0 unspecified atom stereocenters. The number of morpholine rings is 1. The average Bonchev–Trinajstić information content (AvgIpc) is 3.23. The molecule has 5 rings (SSSR count). The molecule has 3 amide bonds. The molecule has 10 heteroatoms. The summed E-state index contributed by atoms with van der Waals surface area (Å²) >= 11 is 0. The maximum Gasteiger partial charge on any atom is 0.293 e. The number of nitrogens with zero attached hydrogens (tertiary/aromatic N) is 3. The number of fused-ring (bicyclic) bond motifs is 1. The molecule has 3 aromatic rings. The zero-order valence-corrected chi connectivity index (χ0v) is 18.5. The van der Waals surface area contributed by atoms with Gasteiger partial charge in [0.15, 0.2) is 0 Å². The van der Waals surface area contributed by atoms with Crippen LogP contribution in [0.3, 0.4) is 0 Å². The molecule has 3 aromatic heterocycles. The first-order valence-corrected chi connectivity index (χ1v) is 11.4. The van der Waals surface area contributed by atoms with Crippen molar-refractivity contribution in [3.63, 3.8) is 0 Å². The molecular weight excluding hydrogens is 438 g/mol. The van der Waals surface area contributed by atoms with Crippen LogP contribution in [0.25, 0.3) is 11.0 Å². The highest BCUT2D eigenvalue weighted by atomic mass is 16.5. The molecule has 1 aliphatic heterocycles. The van der Waals surface area contributed by atoms with Crippen LogP contribution in [-0.2, 0) is 14.3 Å². The van der Waals surface area contributed by atoms with Crippen LogP contribution in [0.4, 0.5) is 11.4 Å². The molecule has 0 spiro atoms. The van der Waals surface area contributed by atoms with Gasteiger partial charge in [0.25, 0.3) is 5.91 Å². The van der Waals surface area contributed by atoms with Crippen molar-refractivity contribution in [2.24, 2.45) is 5.92 Å². The molecular formula is C24H25N5O5. The summed E-state index contributed by atoms with van der Waals surface area (Å²) in [6.45, 7) is 1.29. The number of hydrogen-bond donors (Lipinski definition) is 2. The van der Waals surface area contributed by atoms with Crippen LogP contribution in [0.1, 0.15) is 36.2 Å². The highest BCUT2D eigenvalue weighted by molar-refractivity contribution is 6.14. The lowest BCUT2D eigenvalue weighted by atomic mass is 9.84. The quantitative estimate of drug-likeness (QED) is 0.596. The fourth-order valence-electron chi connectivity index (χ4n) is 4.64. The summed E-state index contributed by atoms with van der Waals surface area (Å²) in [5.41, 5.74) is 1.33. The number of ether oxygens (including phenoxy) is 1. The Balaban J connectivity index is 1.30. The van der Waals surface area contributed by atoms with Crippen molar-refractivity contribution < 1.29 is 23.5 Å². The van der Waals surface area contributed by atoms with Gasteiger partial charge in [-0.25, -0.2) is 0 Å². The molecule has 0 radical (unpaired) electrons. The van der Waals surface area contributed by atoms with Crippen molar-refractivity contribution in [1.29, 1.82) is 0 Å². The first kappa shape index (κ1) is 22.0. The molecule has 2 aliphatic rings. The molecule has 176 valence electrons. The number of aromatic nitrogens is 2. The average molecular weight is 463 g/mol. The lowest BCUT2D eigenvalue weighted by molar-refractivity contribution is -0.146. The molecule has 0 aromatic carbocycles. The third-order valence-electron chi connectivity index (χ3n) is 6.41. The Kier molecular flexibility index (Phi) is 6.22. The number of amides is 3. The maximum atomic E-state index is 13.2. The highest BCUT2D eigenvalue weighted by Crippen LogP contribution is 2.34. The van der Waals surface area contributed by atoms with Gasteiger partial charge in [0.1, 0.15) is 17.9 Å². The van der Waals surface area contributed by atoms with Crippen LogP contribution in [0.2, 0.25) is 0 Å². The zero-order valence-electron chi connectivity index (χ0n) is 18.5. The summed E-state index contributed by atoms with van der Waals surface area (Å²) in [5.74, 6) is -0.837. The summed E-state index contributed by atoms with van der Waals surface area (Å²) in [7, 11) is 0. The Morgan fingerprint density at radius 3 is 2.53 bits per heavy atom. The predicted octanol–water partition coefficient (Wildman–Crippen LogP) is 2.83. The largest absolute Gasteiger partial charge is 0.448 e. The fraction of sp³-hybridized carbons (Fsp3) is 0.375. The number of rotatable bonds is 5. The van der Waals surface area contributed by atoms with Gasteiger partial charge in [0.2, 0.25) is 17.6 Å². The minimum Gasteiger partial charge on any atom is -0.448 e. The zero-order chi connectivity index (χ0) is 23.5. The molecule has 34 heavy (non-hydrogen) atoms. The second kappa shape index (κ2) is 9.60. The monoisotopic (exact) mass is 463 g/mol. The number of nitrogens with one attached hydrogen (secondary N) is 2. The van der Waals surface area contributed by atoms with Crippen LogP contribution in [0.5, 0.6) is 0 Å². The van der Waals surface area contributed by atoms with Crippen molar-refractivity contribution >= 4 is 40.1 Å². The summed E-state index contributed by atoms with van der Waals surface area (Å²) in [6.07, 6.45) is 9.11. The summed E-state index contributed by atoms with van der Waals surface area (Å²) in [4.78, 5) is 48.2. The van der Waals surface area contributed by atoms with Gasteiger partial charge in [-0.3, -0.25) is 24.4 Å². The normalized spacial score (nSPS) is 20.8. The topological polar surface area (TPSA) is 127 Å². The summed E-state index contributed by atoms with van der Waals surface area (Å²) in [5, 5.41) is 6.25. The Bertz CT molecular complexity index is 1200. The van der Waals surface area contributed by atoms with Gasteiger partial charge < -0.3 is 24.7 Å². The van der Waals surface area contributed by atoms with E-state index in [2.05, 4.69) is 20.6 Å². The molecule has 10 nitrogen and oxygen atoms in total. The molecule has 2 N–H and O–H groups in total. The van der Waals surface area contributed by atoms with Gasteiger partial charge in [0.05, 0.1) is 12.0 Å². The highest BCUT2D eigenvalue weighted by Gasteiger charge is 2.33. The molecule has 1 saturated heterocycles. The van der Waals surface area contributed by atoms with Gasteiger partial charge in [-0.05, 0) is 43.9 Å². The van der Waals surface area contributed by atoms with Crippen LogP contribution in [-0.4, -0.2) is 58.4 Å². The Morgan fingerprint density at radius 2 is 1.76 bits per heavy atom. The van der Waals surface area contributed by atoms with E-state index in [1.54, 1.807) is 43.0 Å². The lowest BCUT2D eigenvalue weighted by Crippen LogP contribution is -2.49. The van der Waals surface area contributed by atoms with E-state index < -0.39 is 5.91 Å². The van der Waals surface area contributed by atoms with E-state index >= 15 is 0 Å². The minimum atomic E-state index is -0.479. The van der Waals surface area contributed by atoms with Crippen molar-refractivity contribution in [2.45, 2.75) is 31.7 Å². The second-order valence-electron chi connectivity index (χ2n) is 8.50. The smallest absolute Gasteiger partial charge is 0.293 e. The number of anilines is 2. The Morgan fingerprint density at radius 1 is 1.00 bits per heavy atom. The van der Waals surface area contributed by atoms with E-state index in [9.17, 15) is 14.4 Å². The van der Waals surface area contributed by atoms with Crippen LogP contribution < -0.4 is 10.6 Å². The first-order chi connectivity index (χ1) is 16.6. The van der Waals surface area contributed by atoms with Crippen molar-refractivity contribution in [1.82, 2.24) is 14.9 Å². The molecule has 0 atom stereocenters. The first-order valence-electron chi connectivity index (χ1n) is 11.4. The lowest BCUT2D eigenvalue weighted by Gasteiger charge is -2.38. The van der Waals surface area contributed by atoms with E-state index in [0.717, 1.165) is 12.8 Å². The van der Waals surface area contributed by atoms with Gasteiger partial charge >= 0.3 is 0 Å². The van der Waals surface area contributed by atoms with Crippen LogP contribution >= 0.6 is 0 Å². The SMILES string of the molecule is O=C(Nc1ccncc1)c1oc2ccncc2c1NC(=O)[C@H]1CC[C@H](N2CCOCC2=O)CC1. The van der Waals surface area contributed by atoms with E-state index in [-0.39, 0.29) is 36.1 Å². The standard InChI is InChI=1S/C24H25N5O5/c30-20-14-33-12-11-29(20)17-3-1-15(2-4-17)23(31)28-21-18-13-26-10-7-19(18)34-22(21)24(32)27-16-5-8-25-9-6-16/h5-10,13,15,17H,1-4,11-12,14H2,(H,28,31)(H,25,27,32)/t15-,17-. The molecule has 0 bridgehead atoms. The number of hydrogen-bond acceptors (Lipinski definition) is 7. The third-order valence-corrected chi connectivity index (χ3v) is 6.41. The number of furan rings is 1. The van der Waals surface area contributed by atoms with Crippen LogP contribution in [0.15, 0.2) is 47.4 Å². The minimum absolute atomic E-state index is 0.0146. The maximum absolute atomic E-state index is 13.2. The van der Waals surface area contributed by atoms with Gasteiger partial charge in [-0.2, -0.15) is 0 Å². The molecule has 1 saturated carbocycles. The molecule has 1 aliphatic carbocycles. The van der Waals surface area contributed by atoms with Gasteiger partial charge in [-0.15, -0.1) is 0 Å². The number of carbonyl (C=O) groups excluding carboxylic acids is 3. The molecule has 2 fully saturated rings. The summed E-state index contributed by atoms with van der Waals surface area (Å²) < 4.78 is 11.0. The summed E-state index contributed by atoms with van der Waals surface area (Å²) in [6, 6.07) is 5.12. The van der Waals surface area contributed by atoms with Crippen molar-refractivity contribution in [3.05, 3.63) is 48.7 Å². The Hall–Kier alpha value is -3.79. The van der Waals surface area contributed by atoms with Crippen molar-refractivity contribution in [2.75, 3.05) is 30.4 Å². The predicted molar refractivity (Wildman–Crippen MR) is 123 cm³/mol. The third kappa shape index (κ3) is 4.49. The Labute approximate surface area is 195 Å². The van der Waals surface area contributed by atoms with E-state index in [1.165, 1.54) is 0 Å². The van der Waals surface area contributed by atoms with Crippen LogP contribution in [0, 0.1) is 5.92 Å². The fourth-order valence-corrected chi connectivity index (χ4v) is 4.64.